The van der Waals surface area contributed by atoms with Crippen LogP contribution in [0.1, 0.15) is 31.1 Å². The molecule has 8 heteroatoms. The Morgan fingerprint density at radius 2 is 1.71 bits per heavy atom. The van der Waals surface area contributed by atoms with Crippen LogP contribution in [0.5, 0.6) is 0 Å². The molecule has 1 unspecified atom stereocenters. The van der Waals surface area contributed by atoms with Gasteiger partial charge in [-0.2, -0.15) is 0 Å². The van der Waals surface area contributed by atoms with Crippen molar-refractivity contribution in [2.24, 2.45) is 0 Å². The predicted octanol–water partition coefficient (Wildman–Crippen LogP) is 3.43. The Kier molecular flexibility index (Phi) is 6.20. The lowest BCUT2D eigenvalue weighted by Crippen LogP contribution is -2.20. The van der Waals surface area contributed by atoms with E-state index in [2.05, 4.69) is 0 Å². The molecule has 0 bridgehead atoms. The molecule has 0 aromatic heterocycles. The molecule has 0 aliphatic rings. The molecule has 1 rings (SSSR count). The third-order valence-electron chi connectivity index (χ3n) is 2.83. The summed E-state index contributed by atoms with van der Waals surface area (Å²) in [6.45, 7) is 5.11. The Morgan fingerprint density at radius 1 is 1.24 bits per heavy atom. The molecule has 0 heterocycles. The lowest BCUT2D eigenvalue weighted by Gasteiger charge is -2.22. The lowest BCUT2D eigenvalue weighted by atomic mass is 10.1. The average molecular weight is 315 g/mol. The van der Waals surface area contributed by atoms with Crippen LogP contribution in [0.15, 0.2) is 24.3 Å². The molecule has 0 N–H and O–H groups in total. The van der Waals surface area contributed by atoms with Gasteiger partial charge in [0.05, 0.1) is 18.1 Å². The monoisotopic (exact) mass is 315 g/mol. The van der Waals surface area contributed by atoms with E-state index in [1.54, 1.807) is 13.8 Å². The summed E-state index contributed by atoms with van der Waals surface area (Å²) in [6, 6.07) is 5.12. The van der Waals surface area contributed by atoms with E-state index in [0.29, 0.717) is 0 Å². The molecule has 0 amide bonds. The first kappa shape index (κ1) is 17.5. The van der Waals surface area contributed by atoms with Crippen LogP contribution in [0.4, 0.5) is 5.69 Å². The summed E-state index contributed by atoms with van der Waals surface area (Å²) in [4.78, 5) is 22.3. The van der Waals surface area contributed by atoms with Gasteiger partial charge in [-0.15, -0.1) is 0 Å². The van der Waals surface area contributed by atoms with Crippen LogP contribution < -0.4 is 0 Å². The number of carbonyl (C=O) groups is 1. The molecule has 0 spiro atoms. The van der Waals surface area contributed by atoms with E-state index in [1.165, 1.54) is 31.2 Å². The zero-order valence-electron chi connectivity index (χ0n) is 12.1. The van der Waals surface area contributed by atoms with E-state index in [9.17, 15) is 19.5 Å². The van der Waals surface area contributed by atoms with Gasteiger partial charge in [0, 0.05) is 17.7 Å². The first-order valence-corrected chi connectivity index (χ1v) is 8.14. The number of carbonyl (C=O) groups excluding carboxylic acids is 1. The fraction of sp³-hybridized carbons (Fsp3) is 0.462. The minimum atomic E-state index is -3.55. The highest BCUT2D eigenvalue weighted by Crippen LogP contribution is 2.53. The Hall–Kier alpha value is -1.56. The van der Waals surface area contributed by atoms with E-state index < -0.39 is 24.0 Å². The maximum absolute atomic E-state index is 12.5. The van der Waals surface area contributed by atoms with Crippen molar-refractivity contribution in [3.63, 3.8) is 0 Å². The molecule has 0 fully saturated rings. The molecule has 1 aromatic rings. The summed E-state index contributed by atoms with van der Waals surface area (Å²) in [5.41, 5.74) is -0.858. The Morgan fingerprint density at radius 3 is 2.10 bits per heavy atom. The summed E-state index contributed by atoms with van der Waals surface area (Å²) in [5, 5.41) is 10.6. The van der Waals surface area contributed by atoms with Gasteiger partial charge in [0.15, 0.2) is 5.78 Å². The minimum Gasteiger partial charge on any atom is -0.308 e. The van der Waals surface area contributed by atoms with Crippen molar-refractivity contribution in [1.29, 1.82) is 0 Å². The fourth-order valence-electron chi connectivity index (χ4n) is 1.75. The van der Waals surface area contributed by atoms with Crippen molar-refractivity contribution in [3.8, 4) is 0 Å². The number of benzene rings is 1. The van der Waals surface area contributed by atoms with Crippen LogP contribution in [0.3, 0.4) is 0 Å². The molecule has 1 aromatic carbocycles. The second kappa shape index (κ2) is 7.45. The molecule has 0 aliphatic heterocycles. The van der Waals surface area contributed by atoms with Gasteiger partial charge in [-0.25, -0.2) is 0 Å². The summed E-state index contributed by atoms with van der Waals surface area (Å²) >= 11 is 0. The van der Waals surface area contributed by atoms with Gasteiger partial charge in [-0.3, -0.25) is 19.5 Å². The number of non-ortho nitro benzene ring substituents is 1. The van der Waals surface area contributed by atoms with E-state index in [1.807, 2.05) is 0 Å². The molecule has 0 saturated carbocycles. The van der Waals surface area contributed by atoms with Crippen LogP contribution >= 0.6 is 7.60 Å². The standard InChI is InChI=1S/C13H18NO6P/c1-4-19-21(18,20-5-2)10(3)13(15)11-6-8-12(9-7-11)14(16)17/h6-10H,4-5H2,1-3H3. The molecule has 7 nitrogen and oxygen atoms in total. The highest BCUT2D eigenvalue weighted by molar-refractivity contribution is 7.55. The third-order valence-corrected chi connectivity index (χ3v) is 5.25. The van der Waals surface area contributed by atoms with Crippen molar-refractivity contribution in [1.82, 2.24) is 0 Å². The largest absolute Gasteiger partial charge is 0.341 e. The second-order valence-electron chi connectivity index (χ2n) is 4.22. The Balaban J connectivity index is 3.00. The topological polar surface area (TPSA) is 95.7 Å². The minimum absolute atomic E-state index is 0.114. The van der Waals surface area contributed by atoms with E-state index in [-0.39, 0.29) is 24.5 Å². The van der Waals surface area contributed by atoms with Gasteiger partial charge < -0.3 is 9.05 Å². The number of rotatable bonds is 8. The normalized spacial score (nSPS) is 12.9. The van der Waals surface area contributed by atoms with Crippen LogP contribution in [-0.4, -0.2) is 29.6 Å². The van der Waals surface area contributed by atoms with E-state index in [0.717, 1.165) is 0 Å². The summed E-state index contributed by atoms with van der Waals surface area (Å²) in [5.74, 6) is -0.435. The van der Waals surface area contributed by atoms with Gasteiger partial charge >= 0.3 is 7.60 Å². The SMILES string of the molecule is CCOP(=O)(OCC)C(C)C(=O)c1ccc([N+](=O)[O-])cc1. The van der Waals surface area contributed by atoms with Gasteiger partial charge in [-0.1, -0.05) is 0 Å². The van der Waals surface area contributed by atoms with Crippen LogP contribution in [0, 0.1) is 10.1 Å². The third kappa shape index (κ3) is 4.20. The maximum atomic E-state index is 12.5. The maximum Gasteiger partial charge on any atom is 0.341 e. The van der Waals surface area contributed by atoms with Crippen molar-refractivity contribution in [2.45, 2.75) is 26.4 Å². The smallest absolute Gasteiger partial charge is 0.308 e. The summed E-state index contributed by atoms with van der Waals surface area (Å²) in [6.07, 6.45) is 0. The molecule has 116 valence electrons. The number of nitro benzene ring substituents is 1. The van der Waals surface area contributed by atoms with Crippen molar-refractivity contribution < 1.29 is 23.3 Å². The number of Topliss-reactive ketones (excluding diaryl/α,β-unsaturated/α-hetero) is 1. The van der Waals surface area contributed by atoms with Gasteiger partial charge in [0.1, 0.15) is 5.66 Å². The number of hydrogen-bond acceptors (Lipinski definition) is 6. The molecular weight excluding hydrogens is 297 g/mol. The summed E-state index contributed by atoms with van der Waals surface area (Å²) in [7, 11) is -3.55. The number of nitrogens with zero attached hydrogens (tertiary/aromatic N) is 1. The van der Waals surface area contributed by atoms with Crippen LogP contribution in [0.25, 0.3) is 0 Å². The first-order valence-electron chi connectivity index (χ1n) is 6.53. The van der Waals surface area contributed by atoms with Gasteiger partial charge in [0.2, 0.25) is 0 Å². The molecule has 21 heavy (non-hydrogen) atoms. The number of ketones is 1. The highest BCUT2D eigenvalue weighted by atomic mass is 31.2. The highest BCUT2D eigenvalue weighted by Gasteiger charge is 2.37. The van der Waals surface area contributed by atoms with E-state index in [4.69, 9.17) is 9.05 Å². The van der Waals surface area contributed by atoms with Gasteiger partial charge in [-0.05, 0) is 32.9 Å². The average Bonchev–Trinajstić information content (AvgIpc) is 2.46. The lowest BCUT2D eigenvalue weighted by molar-refractivity contribution is -0.384. The fourth-order valence-corrected chi connectivity index (χ4v) is 3.43. The summed E-state index contributed by atoms with van der Waals surface area (Å²) < 4.78 is 22.8. The second-order valence-corrected chi connectivity index (χ2v) is 6.59. The van der Waals surface area contributed by atoms with Crippen molar-refractivity contribution in [3.05, 3.63) is 39.9 Å². The zero-order chi connectivity index (χ0) is 16.0. The van der Waals surface area contributed by atoms with Gasteiger partial charge in [0.25, 0.3) is 5.69 Å². The first-order chi connectivity index (χ1) is 9.85. The molecular formula is C13H18NO6P. The number of hydrogen-bond donors (Lipinski definition) is 0. The quantitative estimate of drug-likeness (QED) is 0.315. The Labute approximate surface area is 122 Å². The number of nitro groups is 1. The molecule has 0 aliphatic carbocycles. The van der Waals surface area contributed by atoms with Crippen molar-refractivity contribution in [2.75, 3.05) is 13.2 Å². The van der Waals surface area contributed by atoms with Crippen LogP contribution in [0.2, 0.25) is 0 Å². The van der Waals surface area contributed by atoms with E-state index >= 15 is 0 Å². The van der Waals surface area contributed by atoms with Crippen molar-refractivity contribution >= 4 is 19.1 Å². The Bertz CT molecular complexity index is 546. The molecule has 0 radical (unpaired) electrons. The van der Waals surface area contributed by atoms with Crippen LogP contribution in [-0.2, 0) is 13.6 Å². The molecule has 1 atom stereocenters. The predicted molar refractivity (Wildman–Crippen MR) is 77.7 cm³/mol. The zero-order valence-corrected chi connectivity index (χ0v) is 13.0. The molecule has 0 saturated heterocycles.